The van der Waals surface area contributed by atoms with Crippen molar-refractivity contribution in [2.24, 2.45) is 0 Å². The van der Waals surface area contributed by atoms with Gasteiger partial charge in [0.25, 0.3) is 0 Å². The smallest absolute Gasteiger partial charge is 0.310 e. The fourth-order valence-electron chi connectivity index (χ4n) is 1.43. The average Bonchev–Trinajstić information content (AvgIpc) is 2.76. The van der Waals surface area contributed by atoms with Crippen LogP contribution in [0.1, 0.15) is 10.4 Å². The molecule has 0 aliphatic rings. The van der Waals surface area contributed by atoms with E-state index >= 15 is 0 Å². The Bertz CT molecular complexity index is 536. The van der Waals surface area contributed by atoms with Crippen LogP contribution in [0, 0.1) is 0 Å². The molecule has 5 heteroatoms. The van der Waals surface area contributed by atoms with Crippen molar-refractivity contribution in [3.8, 4) is 0 Å². The molecule has 0 saturated carbocycles. The van der Waals surface area contributed by atoms with Gasteiger partial charge in [-0.3, -0.25) is 4.79 Å². The summed E-state index contributed by atoms with van der Waals surface area (Å²) in [6.45, 7) is 0.269. The Hall–Kier alpha value is -1.52. The number of carbonyl (C=O) groups is 1. The van der Waals surface area contributed by atoms with E-state index in [-0.39, 0.29) is 19.0 Å². The SMILES string of the molecule is Nc1ccc(CC(=O)OCc2ccc(Cl)s2)cc1. The van der Waals surface area contributed by atoms with Gasteiger partial charge in [-0.15, -0.1) is 11.3 Å². The molecule has 1 aromatic heterocycles. The number of hydrogen-bond donors (Lipinski definition) is 1. The molecule has 94 valence electrons. The lowest BCUT2D eigenvalue weighted by Crippen LogP contribution is -2.07. The molecule has 3 nitrogen and oxygen atoms in total. The lowest BCUT2D eigenvalue weighted by atomic mass is 10.1. The number of benzene rings is 1. The summed E-state index contributed by atoms with van der Waals surface area (Å²) in [5.41, 5.74) is 7.14. The normalized spacial score (nSPS) is 10.3. The van der Waals surface area contributed by atoms with Crippen LogP contribution >= 0.6 is 22.9 Å². The lowest BCUT2D eigenvalue weighted by molar-refractivity contribution is -0.144. The molecule has 1 heterocycles. The molecule has 0 aliphatic carbocycles. The van der Waals surface area contributed by atoms with Crippen LogP contribution in [0.15, 0.2) is 36.4 Å². The number of rotatable bonds is 4. The van der Waals surface area contributed by atoms with Crippen molar-refractivity contribution in [1.82, 2.24) is 0 Å². The van der Waals surface area contributed by atoms with Crippen LogP contribution in [0.3, 0.4) is 0 Å². The zero-order chi connectivity index (χ0) is 13.0. The third kappa shape index (κ3) is 3.75. The first-order chi connectivity index (χ1) is 8.63. The lowest BCUT2D eigenvalue weighted by Gasteiger charge is -2.03. The summed E-state index contributed by atoms with van der Waals surface area (Å²) >= 11 is 7.20. The molecular formula is C13H12ClNO2S. The highest BCUT2D eigenvalue weighted by atomic mass is 35.5. The molecule has 0 amide bonds. The predicted molar refractivity (Wildman–Crippen MR) is 73.7 cm³/mol. The molecule has 0 aliphatic heterocycles. The zero-order valence-electron chi connectivity index (χ0n) is 9.56. The Balaban J connectivity index is 1.83. The second kappa shape index (κ2) is 5.89. The van der Waals surface area contributed by atoms with Crippen molar-refractivity contribution >= 4 is 34.6 Å². The van der Waals surface area contributed by atoms with Gasteiger partial charge in [-0.1, -0.05) is 23.7 Å². The van der Waals surface area contributed by atoms with Crippen molar-refractivity contribution < 1.29 is 9.53 Å². The molecule has 2 N–H and O–H groups in total. The highest BCUT2D eigenvalue weighted by Crippen LogP contribution is 2.22. The van der Waals surface area contributed by atoms with Crippen LogP contribution in [0.5, 0.6) is 0 Å². The van der Waals surface area contributed by atoms with Crippen molar-refractivity contribution in [2.45, 2.75) is 13.0 Å². The van der Waals surface area contributed by atoms with E-state index in [0.717, 1.165) is 10.4 Å². The van der Waals surface area contributed by atoms with E-state index in [0.29, 0.717) is 10.0 Å². The van der Waals surface area contributed by atoms with Crippen molar-refractivity contribution in [3.05, 3.63) is 51.2 Å². The quantitative estimate of drug-likeness (QED) is 0.691. The van der Waals surface area contributed by atoms with Gasteiger partial charge in [0, 0.05) is 10.6 Å². The first kappa shape index (κ1) is 12.9. The molecule has 0 atom stereocenters. The van der Waals surface area contributed by atoms with E-state index in [1.54, 1.807) is 18.2 Å². The molecule has 0 saturated heterocycles. The van der Waals surface area contributed by atoms with Gasteiger partial charge < -0.3 is 10.5 Å². The van der Waals surface area contributed by atoms with Crippen LogP contribution in [0.4, 0.5) is 5.69 Å². The summed E-state index contributed by atoms with van der Waals surface area (Å²) in [5.74, 6) is -0.260. The number of ether oxygens (including phenoxy) is 1. The fourth-order valence-corrected chi connectivity index (χ4v) is 2.43. The Labute approximate surface area is 114 Å². The fraction of sp³-hybridized carbons (Fsp3) is 0.154. The van der Waals surface area contributed by atoms with Crippen molar-refractivity contribution in [2.75, 3.05) is 5.73 Å². The second-order valence-corrected chi connectivity index (χ2v) is 5.58. The molecular weight excluding hydrogens is 270 g/mol. The number of carbonyl (C=O) groups excluding carboxylic acids is 1. The standard InChI is InChI=1S/C13H12ClNO2S/c14-12-6-5-11(18-12)8-17-13(16)7-9-1-3-10(15)4-2-9/h1-6H,7-8,15H2. The van der Waals surface area contributed by atoms with Crippen LogP contribution < -0.4 is 5.73 Å². The van der Waals surface area contributed by atoms with Crippen molar-refractivity contribution in [3.63, 3.8) is 0 Å². The average molecular weight is 282 g/mol. The van der Waals surface area contributed by atoms with Gasteiger partial charge in [-0.2, -0.15) is 0 Å². The Morgan fingerprint density at radius 2 is 1.94 bits per heavy atom. The minimum Gasteiger partial charge on any atom is -0.460 e. The Morgan fingerprint density at radius 1 is 1.22 bits per heavy atom. The van der Waals surface area contributed by atoms with Crippen LogP contribution in [-0.4, -0.2) is 5.97 Å². The third-order valence-corrected chi connectivity index (χ3v) is 3.54. The maximum absolute atomic E-state index is 11.6. The maximum atomic E-state index is 11.6. The maximum Gasteiger partial charge on any atom is 0.310 e. The third-order valence-electron chi connectivity index (χ3n) is 2.33. The molecule has 2 rings (SSSR count). The van der Waals surface area contributed by atoms with Crippen molar-refractivity contribution in [1.29, 1.82) is 0 Å². The molecule has 2 aromatic rings. The van der Waals surface area contributed by atoms with E-state index in [9.17, 15) is 4.79 Å². The number of nitrogen functional groups attached to an aromatic ring is 1. The van der Waals surface area contributed by atoms with Gasteiger partial charge in [-0.05, 0) is 29.8 Å². The second-order valence-electron chi connectivity index (χ2n) is 3.78. The Kier molecular flexibility index (Phi) is 4.23. The van der Waals surface area contributed by atoms with Gasteiger partial charge in [0.05, 0.1) is 10.8 Å². The molecule has 18 heavy (non-hydrogen) atoms. The molecule has 0 bridgehead atoms. The first-order valence-corrected chi connectivity index (χ1v) is 6.57. The predicted octanol–water partition coefficient (Wildman–Crippen LogP) is 3.27. The first-order valence-electron chi connectivity index (χ1n) is 5.38. The van der Waals surface area contributed by atoms with Gasteiger partial charge >= 0.3 is 5.97 Å². The summed E-state index contributed by atoms with van der Waals surface area (Å²) in [6.07, 6.45) is 0.249. The number of anilines is 1. The van der Waals surface area contributed by atoms with E-state index in [4.69, 9.17) is 22.1 Å². The largest absolute Gasteiger partial charge is 0.460 e. The number of nitrogens with two attached hydrogens (primary N) is 1. The Morgan fingerprint density at radius 3 is 2.56 bits per heavy atom. The number of halogens is 1. The minimum atomic E-state index is -0.260. The summed E-state index contributed by atoms with van der Waals surface area (Å²) < 4.78 is 5.85. The minimum absolute atomic E-state index is 0.249. The highest BCUT2D eigenvalue weighted by Gasteiger charge is 2.06. The van der Waals surface area contributed by atoms with Crippen LogP contribution in [0.25, 0.3) is 0 Å². The van der Waals surface area contributed by atoms with E-state index in [1.165, 1.54) is 11.3 Å². The van der Waals surface area contributed by atoms with Crippen LogP contribution in [-0.2, 0) is 22.6 Å². The molecule has 0 fully saturated rings. The number of esters is 1. The van der Waals surface area contributed by atoms with E-state index < -0.39 is 0 Å². The summed E-state index contributed by atoms with van der Waals surface area (Å²) in [5, 5.41) is 0. The monoisotopic (exact) mass is 281 g/mol. The summed E-state index contributed by atoms with van der Waals surface area (Å²) in [7, 11) is 0. The van der Waals surface area contributed by atoms with E-state index in [2.05, 4.69) is 0 Å². The van der Waals surface area contributed by atoms with Crippen LogP contribution in [0.2, 0.25) is 4.34 Å². The van der Waals surface area contributed by atoms with Gasteiger partial charge in [-0.25, -0.2) is 0 Å². The molecule has 0 unspecified atom stereocenters. The van der Waals surface area contributed by atoms with E-state index in [1.807, 2.05) is 18.2 Å². The molecule has 0 radical (unpaired) electrons. The summed E-state index contributed by atoms with van der Waals surface area (Å²) in [4.78, 5) is 12.5. The summed E-state index contributed by atoms with van der Waals surface area (Å²) in [6, 6.07) is 10.8. The number of thiophene rings is 1. The topological polar surface area (TPSA) is 52.3 Å². The zero-order valence-corrected chi connectivity index (χ0v) is 11.1. The van der Waals surface area contributed by atoms with Gasteiger partial charge in [0.2, 0.25) is 0 Å². The van der Waals surface area contributed by atoms with Gasteiger partial charge in [0.1, 0.15) is 6.61 Å². The number of hydrogen-bond acceptors (Lipinski definition) is 4. The van der Waals surface area contributed by atoms with Gasteiger partial charge in [0.15, 0.2) is 0 Å². The molecule has 0 spiro atoms. The highest BCUT2D eigenvalue weighted by molar-refractivity contribution is 7.16. The molecule has 1 aromatic carbocycles.